The van der Waals surface area contributed by atoms with Crippen molar-refractivity contribution in [3.8, 4) is 22.5 Å². The number of aromatic nitrogens is 6. The summed E-state index contributed by atoms with van der Waals surface area (Å²) in [6.07, 6.45) is 1.63. The zero-order valence-electron chi connectivity index (χ0n) is 18.3. The van der Waals surface area contributed by atoms with Gasteiger partial charge in [0.15, 0.2) is 5.82 Å². The van der Waals surface area contributed by atoms with E-state index in [0.29, 0.717) is 25.5 Å². The second-order valence-electron chi connectivity index (χ2n) is 8.19. The fourth-order valence-corrected chi connectivity index (χ4v) is 4.25. The summed E-state index contributed by atoms with van der Waals surface area (Å²) < 4.78 is 6.03. The van der Waals surface area contributed by atoms with Crippen LogP contribution in [0, 0.1) is 0 Å². The molecular weight excluding hydrogens is 430 g/mol. The Labute approximate surface area is 195 Å². The Morgan fingerprint density at radius 2 is 1.88 bits per heavy atom. The van der Waals surface area contributed by atoms with E-state index in [0.717, 1.165) is 45.1 Å². The van der Waals surface area contributed by atoms with Gasteiger partial charge in [0, 0.05) is 23.6 Å². The average Bonchev–Trinajstić information content (AvgIpc) is 3.52. The van der Waals surface area contributed by atoms with Crippen LogP contribution in [0.5, 0.6) is 0 Å². The maximum atomic E-state index is 6.09. The molecule has 3 aromatic heterocycles. The Kier molecular flexibility index (Phi) is 4.84. The molecule has 1 saturated heterocycles. The molecule has 0 bridgehead atoms. The third-order valence-corrected chi connectivity index (χ3v) is 5.99. The number of benzene rings is 2. The van der Waals surface area contributed by atoms with Gasteiger partial charge in [-0.05, 0) is 17.7 Å². The third-order valence-electron chi connectivity index (χ3n) is 5.99. The number of imidazole rings is 1. The van der Waals surface area contributed by atoms with Gasteiger partial charge in [0.25, 0.3) is 0 Å². The smallest absolute Gasteiger partial charge is 0.222 e. The van der Waals surface area contributed by atoms with Gasteiger partial charge in [0.05, 0.1) is 36.3 Å². The van der Waals surface area contributed by atoms with Gasteiger partial charge in [-0.15, -0.1) is 0 Å². The first-order chi connectivity index (χ1) is 16.6. The van der Waals surface area contributed by atoms with Crippen LogP contribution in [0.15, 0.2) is 60.8 Å². The molecule has 5 aromatic rings. The van der Waals surface area contributed by atoms with Crippen LogP contribution in [0.3, 0.4) is 0 Å². The minimum Gasteiger partial charge on any atom is -0.382 e. The number of nitrogens with one attached hydrogen (secondary N) is 2. The minimum atomic E-state index is -0.213. The van der Waals surface area contributed by atoms with Crippen molar-refractivity contribution in [2.75, 3.05) is 36.1 Å². The minimum absolute atomic E-state index is 0.212. The number of fused-ring (bicyclic) bond motifs is 1. The molecule has 6 N–H and O–H groups in total. The van der Waals surface area contributed by atoms with Gasteiger partial charge in [0.1, 0.15) is 17.7 Å². The first-order valence-electron chi connectivity index (χ1n) is 11.0. The molecular formula is C24H23N9O. The van der Waals surface area contributed by atoms with Crippen LogP contribution in [-0.2, 0) is 4.74 Å². The van der Waals surface area contributed by atoms with Crippen LogP contribution in [0.1, 0.15) is 11.9 Å². The van der Waals surface area contributed by atoms with E-state index in [2.05, 4.69) is 35.0 Å². The molecule has 0 radical (unpaired) electrons. The highest BCUT2D eigenvalue weighted by Gasteiger charge is 2.26. The van der Waals surface area contributed by atoms with Crippen molar-refractivity contribution in [1.29, 1.82) is 0 Å². The number of ether oxygens (including phenoxy) is 1. The molecule has 34 heavy (non-hydrogen) atoms. The van der Waals surface area contributed by atoms with E-state index >= 15 is 0 Å². The summed E-state index contributed by atoms with van der Waals surface area (Å²) in [5.74, 6) is 2.21. The molecule has 1 atom stereocenters. The molecule has 1 aliphatic rings. The van der Waals surface area contributed by atoms with Crippen LogP contribution in [0.2, 0.25) is 0 Å². The highest BCUT2D eigenvalue weighted by molar-refractivity contribution is 5.91. The number of hydrogen-bond donors (Lipinski definition) is 4. The van der Waals surface area contributed by atoms with Gasteiger partial charge in [-0.3, -0.25) is 5.10 Å². The first kappa shape index (κ1) is 20.2. The number of nitrogens with zero attached hydrogens (tertiary/aromatic N) is 5. The third kappa shape index (κ3) is 3.69. The normalized spacial score (nSPS) is 16.2. The quantitative estimate of drug-likeness (QED) is 0.324. The van der Waals surface area contributed by atoms with Crippen molar-refractivity contribution in [1.82, 2.24) is 30.1 Å². The van der Waals surface area contributed by atoms with Crippen LogP contribution >= 0.6 is 0 Å². The van der Waals surface area contributed by atoms with Crippen LogP contribution in [-0.4, -0.2) is 49.8 Å². The van der Waals surface area contributed by atoms with E-state index in [1.807, 2.05) is 60.8 Å². The van der Waals surface area contributed by atoms with Crippen LogP contribution in [0.4, 0.5) is 17.6 Å². The molecule has 0 spiro atoms. The van der Waals surface area contributed by atoms with Gasteiger partial charge >= 0.3 is 0 Å². The van der Waals surface area contributed by atoms with Gasteiger partial charge in [-0.1, -0.05) is 36.4 Å². The lowest BCUT2D eigenvalue weighted by Crippen LogP contribution is -2.39. The summed E-state index contributed by atoms with van der Waals surface area (Å²) in [4.78, 5) is 19.1. The van der Waals surface area contributed by atoms with Crippen molar-refractivity contribution in [2.45, 2.75) is 6.10 Å². The summed E-state index contributed by atoms with van der Waals surface area (Å²) in [5.41, 5.74) is 16.5. The number of anilines is 3. The summed E-state index contributed by atoms with van der Waals surface area (Å²) >= 11 is 0. The van der Waals surface area contributed by atoms with E-state index in [9.17, 15) is 0 Å². The van der Waals surface area contributed by atoms with E-state index in [4.69, 9.17) is 16.2 Å². The number of morpholine rings is 1. The molecule has 0 saturated carbocycles. The number of nitrogen functional groups attached to an aromatic ring is 2. The standard InChI is InChI=1S/C24H23N9O/c25-22-16-7-6-15(10-18(16)31-32-22)17-11-21(30-24(26)29-17)33-8-9-34-20(13-33)23-27-12-19(28-23)14-4-2-1-3-5-14/h1-7,10-12,20H,8-9,13H2,(H,27,28)(H3,25,31,32)(H2,26,29,30). The lowest BCUT2D eigenvalue weighted by molar-refractivity contribution is 0.0343. The van der Waals surface area contributed by atoms with Crippen molar-refractivity contribution in [3.63, 3.8) is 0 Å². The van der Waals surface area contributed by atoms with Crippen LogP contribution < -0.4 is 16.4 Å². The number of rotatable bonds is 4. The van der Waals surface area contributed by atoms with Crippen LogP contribution in [0.25, 0.3) is 33.4 Å². The monoisotopic (exact) mass is 453 g/mol. The van der Waals surface area contributed by atoms with Gasteiger partial charge in [0.2, 0.25) is 5.95 Å². The number of hydrogen-bond acceptors (Lipinski definition) is 8. The Morgan fingerprint density at radius 3 is 2.76 bits per heavy atom. The molecule has 1 fully saturated rings. The molecule has 1 unspecified atom stereocenters. The molecule has 2 aromatic carbocycles. The summed E-state index contributed by atoms with van der Waals surface area (Å²) in [6.45, 7) is 1.83. The molecule has 1 aliphatic heterocycles. The molecule has 6 rings (SSSR count). The number of aromatic amines is 2. The molecule has 170 valence electrons. The molecule has 10 nitrogen and oxygen atoms in total. The SMILES string of the molecule is Nc1nc(-c2ccc3c(N)n[nH]c3c2)cc(N2CCOC(c3ncc(-c4ccccc4)[nH]3)C2)n1. The maximum absolute atomic E-state index is 6.09. The second kappa shape index (κ2) is 8.16. The predicted molar refractivity (Wildman–Crippen MR) is 131 cm³/mol. The van der Waals surface area contributed by atoms with E-state index in [-0.39, 0.29) is 12.1 Å². The maximum Gasteiger partial charge on any atom is 0.222 e. The fourth-order valence-electron chi connectivity index (χ4n) is 4.25. The molecule has 0 aliphatic carbocycles. The largest absolute Gasteiger partial charge is 0.382 e. The molecule has 0 amide bonds. The summed E-state index contributed by atoms with van der Waals surface area (Å²) in [7, 11) is 0. The average molecular weight is 454 g/mol. The first-order valence-corrected chi connectivity index (χ1v) is 11.0. The number of H-pyrrole nitrogens is 2. The van der Waals surface area contributed by atoms with E-state index in [1.54, 1.807) is 0 Å². The zero-order chi connectivity index (χ0) is 23.1. The highest BCUT2D eigenvalue weighted by Crippen LogP contribution is 2.30. The van der Waals surface area contributed by atoms with E-state index < -0.39 is 0 Å². The van der Waals surface area contributed by atoms with Gasteiger partial charge in [-0.25, -0.2) is 9.97 Å². The van der Waals surface area contributed by atoms with Gasteiger partial charge < -0.3 is 26.1 Å². The van der Waals surface area contributed by atoms with Crippen molar-refractivity contribution in [3.05, 3.63) is 66.6 Å². The van der Waals surface area contributed by atoms with E-state index in [1.165, 1.54) is 0 Å². The Balaban J connectivity index is 1.27. The topological polar surface area (TPSA) is 148 Å². The van der Waals surface area contributed by atoms with Crippen molar-refractivity contribution >= 4 is 28.5 Å². The molecule has 4 heterocycles. The van der Waals surface area contributed by atoms with Crippen molar-refractivity contribution in [2.24, 2.45) is 0 Å². The summed E-state index contributed by atoms with van der Waals surface area (Å²) in [6, 6.07) is 17.9. The Hall–Kier alpha value is -4.44. The molecule has 10 heteroatoms. The van der Waals surface area contributed by atoms with Crippen molar-refractivity contribution < 1.29 is 4.74 Å². The fraction of sp³-hybridized carbons (Fsp3) is 0.167. The predicted octanol–water partition coefficient (Wildman–Crippen LogP) is 3.15. The Morgan fingerprint density at radius 1 is 1.00 bits per heavy atom. The highest BCUT2D eigenvalue weighted by atomic mass is 16.5. The zero-order valence-corrected chi connectivity index (χ0v) is 18.3. The van der Waals surface area contributed by atoms with Gasteiger partial charge in [-0.2, -0.15) is 10.1 Å². The Bertz CT molecular complexity index is 1460. The second-order valence-corrected chi connectivity index (χ2v) is 8.19. The number of nitrogens with two attached hydrogens (primary N) is 2. The lowest BCUT2D eigenvalue weighted by atomic mass is 10.1. The summed E-state index contributed by atoms with van der Waals surface area (Å²) in [5, 5.41) is 7.87. The lowest BCUT2D eigenvalue weighted by Gasteiger charge is -2.33.